The first-order valence-corrected chi connectivity index (χ1v) is 11.1. The van der Waals surface area contributed by atoms with Crippen LogP contribution >= 0.6 is 11.6 Å². The van der Waals surface area contributed by atoms with Gasteiger partial charge in [0.1, 0.15) is 12.0 Å². The molecule has 0 saturated carbocycles. The van der Waals surface area contributed by atoms with E-state index in [9.17, 15) is 15.0 Å². The number of phenolic OH excluding ortho intramolecular Hbond substituents is 1. The second kappa shape index (κ2) is 9.87. The molecule has 8 heteroatoms. The number of likely N-dealkylation sites (tertiary alicyclic amines) is 1. The highest BCUT2D eigenvalue weighted by atomic mass is 35.5. The molecule has 2 atom stereocenters. The highest BCUT2D eigenvalue weighted by Crippen LogP contribution is 2.23. The molecule has 2 heterocycles. The summed E-state index contributed by atoms with van der Waals surface area (Å²) in [5.41, 5.74) is 1.79. The Morgan fingerprint density at radius 1 is 1.10 bits per heavy atom. The topological polar surface area (TPSA) is 79.3 Å². The molecule has 2 aliphatic rings. The van der Waals surface area contributed by atoms with Crippen molar-refractivity contribution in [2.24, 2.45) is 5.92 Å². The maximum atomic E-state index is 12.5. The summed E-state index contributed by atoms with van der Waals surface area (Å²) in [5, 5.41) is 23.7. The highest BCUT2D eigenvalue weighted by Gasteiger charge is 2.31. The van der Waals surface area contributed by atoms with E-state index < -0.39 is 6.23 Å². The Morgan fingerprint density at radius 2 is 1.84 bits per heavy atom. The number of carbonyl (C=O) groups excluding carboxylic acids is 1. The fourth-order valence-electron chi connectivity index (χ4n) is 4.30. The van der Waals surface area contributed by atoms with Gasteiger partial charge in [0, 0.05) is 55.7 Å². The number of nitrogens with one attached hydrogen (secondary N) is 1. The van der Waals surface area contributed by atoms with Gasteiger partial charge in [-0.2, -0.15) is 0 Å². The minimum Gasteiger partial charge on any atom is -0.508 e. The zero-order chi connectivity index (χ0) is 21.8. The van der Waals surface area contributed by atoms with Crippen LogP contribution in [0.5, 0.6) is 5.75 Å². The van der Waals surface area contributed by atoms with Crippen LogP contribution in [-0.4, -0.2) is 78.0 Å². The molecule has 166 valence electrons. The molecule has 1 amide bonds. The van der Waals surface area contributed by atoms with E-state index in [0.29, 0.717) is 18.8 Å². The number of carbonyl (C=O) groups is 1. The number of amides is 1. The number of β-amino-alcohol motifs (C(OH)–C–C–N with tert-alkyl or cyclic N) is 1. The number of benzene rings is 2. The summed E-state index contributed by atoms with van der Waals surface area (Å²) >= 11 is 6.10. The quantitative estimate of drug-likeness (QED) is 0.594. The Labute approximate surface area is 187 Å². The molecule has 0 radical (unpaired) electrons. The van der Waals surface area contributed by atoms with Crippen LogP contribution in [0.2, 0.25) is 5.02 Å². The first kappa shape index (κ1) is 21.9. The van der Waals surface area contributed by atoms with Gasteiger partial charge in [-0.05, 0) is 55.4 Å². The van der Waals surface area contributed by atoms with E-state index in [1.807, 2.05) is 18.2 Å². The number of aliphatic hydroxyl groups is 1. The predicted octanol–water partition coefficient (Wildman–Crippen LogP) is 2.45. The van der Waals surface area contributed by atoms with Crippen molar-refractivity contribution in [1.82, 2.24) is 9.80 Å². The second-order valence-corrected chi connectivity index (χ2v) is 8.70. The van der Waals surface area contributed by atoms with Gasteiger partial charge >= 0.3 is 0 Å². The molecular formula is C23H29ClN4O3. The number of hydrogen-bond acceptors (Lipinski definition) is 6. The van der Waals surface area contributed by atoms with Crippen molar-refractivity contribution in [3.8, 4) is 5.75 Å². The van der Waals surface area contributed by atoms with Crippen molar-refractivity contribution in [3.63, 3.8) is 0 Å². The number of rotatable bonds is 6. The van der Waals surface area contributed by atoms with E-state index >= 15 is 0 Å². The van der Waals surface area contributed by atoms with Gasteiger partial charge in [0.25, 0.3) is 0 Å². The van der Waals surface area contributed by atoms with Crippen molar-refractivity contribution in [2.45, 2.75) is 12.6 Å². The lowest BCUT2D eigenvalue weighted by Crippen LogP contribution is -2.53. The first-order valence-electron chi connectivity index (χ1n) is 10.7. The number of phenols is 1. The summed E-state index contributed by atoms with van der Waals surface area (Å²) in [6, 6.07) is 14.4. The molecule has 0 bridgehead atoms. The third-order valence-corrected chi connectivity index (χ3v) is 6.34. The van der Waals surface area contributed by atoms with Crippen LogP contribution < -0.4 is 10.2 Å². The lowest BCUT2D eigenvalue weighted by atomic mass is 10.1. The monoisotopic (exact) mass is 444 g/mol. The SMILES string of the molecule is O=C(Nc1ccc(O)cc1)[C@H]1CCN(CC(O)N2CCN(c3cccc(Cl)c3)CC2)C1. The van der Waals surface area contributed by atoms with Gasteiger partial charge < -0.3 is 20.4 Å². The predicted molar refractivity (Wildman–Crippen MR) is 123 cm³/mol. The Kier molecular flexibility index (Phi) is 6.97. The Morgan fingerprint density at radius 3 is 2.55 bits per heavy atom. The van der Waals surface area contributed by atoms with Crippen LogP contribution in [0.3, 0.4) is 0 Å². The van der Waals surface area contributed by atoms with E-state index in [2.05, 4.69) is 26.1 Å². The summed E-state index contributed by atoms with van der Waals surface area (Å²) < 4.78 is 0. The van der Waals surface area contributed by atoms with Crippen LogP contribution in [0.15, 0.2) is 48.5 Å². The number of hydrogen-bond donors (Lipinski definition) is 3. The van der Waals surface area contributed by atoms with Crippen molar-refractivity contribution in [1.29, 1.82) is 0 Å². The zero-order valence-electron chi connectivity index (χ0n) is 17.5. The second-order valence-electron chi connectivity index (χ2n) is 8.26. The Bertz CT molecular complexity index is 887. The maximum absolute atomic E-state index is 12.5. The van der Waals surface area contributed by atoms with Crippen molar-refractivity contribution < 1.29 is 15.0 Å². The number of aliphatic hydroxyl groups excluding tert-OH is 1. The molecule has 2 aromatic carbocycles. The van der Waals surface area contributed by atoms with Gasteiger partial charge in [0.05, 0.1) is 5.92 Å². The maximum Gasteiger partial charge on any atom is 0.228 e. The minimum atomic E-state index is -0.541. The summed E-state index contributed by atoms with van der Waals surface area (Å²) in [5.74, 6) is 0.0610. The van der Waals surface area contributed by atoms with Crippen LogP contribution in [0.4, 0.5) is 11.4 Å². The van der Waals surface area contributed by atoms with Crippen molar-refractivity contribution in [2.75, 3.05) is 56.0 Å². The summed E-state index contributed by atoms with van der Waals surface area (Å²) in [4.78, 5) is 19.1. The lowest BCUT2D eigenvalue weighted by molar-refractivity contribution is -0.119. The molecule has 2 aromatic rings. The number of piperazine rings is 1. The molecular weight excluding hydrogens is 416 g/mol. The van der Waals surface area contributed by atoms with Crippen LogP contribution in [0.25, 0.3) is 0 Å². The van der Waals surface area contributed by atoms with Gasteiger partial charge in [-0.15, -0.1) is 0 Å². The molecule has 2 saturated heterocycles. The van der Waals surface area contributed by atoms with Gasteiger partial charge in [0.2, 0.25) is 5.91 Å². The molecule has 0 spiro atoms. The van der Waals surface area contributed by atoms with Gasteiger partial charge in [-0.1, -0.05) is 17.7 Å². The average molecular weight is 445 g/mol. The average Bonchev–Trinajstić information content (AvgIpc) is 3.24. The summed E-state index contributed by atoms with van der Waals surface area (Å²) in [6.07, 6.45) is 0.236. The van der Waals surface area contributed by atoms with Crippen LogP contribution in [-0.2, 0) is 4.79 Å². The number of nitrogens with zero attached hydrogens (tertiary/aromatic N) is 3. The highest BCUT2D eigenvalue weighted by molar-refractivity contribution is 6.30. The molecule has 1 unspecified atom stereocenters. The largest absolute Gasteiger partial charge is 0.508 e. The standard InChI is InChI=1S/C23H29ClN4O3/c24-18-2-1-3-20(14-18)27-10-12-28(13-11-27)22(30)16-26-9-8-17(15-26)23(31)25-19-4-6-21(29)7-5-19/h1-7,14,17,22,29-30H,8-13,15-16H2,(H,25,31)/t17-,22?/m0/s1. The zero-order valence-corrected chi connectivity index (χ0v) is 18.2. The fourth-order valence-corrected chi connectivity index (χ4v) is 4.48. The van der Waals surface area contributed by atoms with E-state index in [0.717, 1.165) is 49.9 Å². The molecule has 4 rings (SSSR count). The molecule has 2 aliphatic heterocycles. The molecule has 31 heavy (non-hydrogen) atoms. The van der Waals surface area contributed by atoms with Crippen LogP contribution in [0.1, 0.15) is 6.42 Å². The smallest absolute Gasteiger partial charge is 0.228 e. The molecule has 0 aliphatic carbocycles. The molecule has 7 nitrogen and oxygen atoms in total. The van der Waals surface area contributed by atoms with Gasteiger partial charge in [0.15, 0.2) is 0 Å². The first-order chi connectivity index (χ1) is 15.0. The number of anilines is 2. The number of aromatic hydroxyl groups is 1. The van der Waals surface area contributed by atoms with Gasteiger partial charge in [-0.3, -0.25) is 14.6 Å². The fraction of sp³-hybridized carbons (Fsp3) is 0.435. The minimum absolute atomic E-state index is 0.0159. The van der Waals surface area contributed by atoms with Crippen molar-refractivity contribution in [3.05, 3.63) is 53.6 Å². The third-order valence-electron chi connectivity index (χ3n) is 6.11. The van der Waals surface area contributed by atoms with E-state index in [1.54, 1.807) is 24.3 Å². The summed E-state index contributed by atoms with van der Waals surface area (Å²) in [7, 11) is 0. The van der Waals surface area contributed by atoms with Gasteiger partial charge in [-0.25, -0.2) is 0 Å². The Hall–Kier alpha value is -2.32. The lowest BCUT2D eigenvalue weighted by Gasteiger charge is -2.39. The molecule has 2 fully saturated rings. The van der Waals surface area contributed by atoms with E-state index in [4.69, 9.17) is 11.6 Å². The molecule has 3 N–H and O–H groups in total. The normalized spacial score (nSPS) is 21.2. The van der Waals surface area contributed by atoms with Crippen molar-refractivity contribution >= 4 is 28.9 Å². The Balaban J connectivity index is 1.22. The van der Waals surface area contributed by atoms with E-state index in [1.165, 1.54) is 0 Å². The third kappa shape index (κ3) is 5.68. The summed E-state index contributed by atoms with van der Waals surface area (Å²) in [6.45, 7) is 5.24. The van der Waals surface area contributed by atoms with E-state index in [-0.39, 0.29) is 17.6 Å². The number of halogens is 1. The molecule has 0 aromatic heterocycles. The van der Waals surface area contributed by atoms with Crippen LogP contribution in [0, 0.1) is 5.92 Å².